The summed E-state index contributed by atoms with van der Waals surface area (Å²) in [6.45, 7) is 2.86. The fourth-order valence-electron chi connectivity index (χ4n) is 2.80. The zero-order chi connectivity index (χ0) is 17.3. The van der Waals surface area contributed by atoms with E-state index in [9.17, 15) is 4.79 Å². The largest absolute Gasteiger partial charge is 0.493 e. The molecule has 24 heavy (non-hydrogen) atoms. The number of fused-ring (bicyclic) bond motifs is 1. The first-order valence-corrected chi connectivity index (χ1v) is 8.15. The van der Waals surface area contributed by atoms with Crippen LogP contribution in [0.25, 0.3) is 0 Å². The molecule has 1 atom stereocenters. The lowest BCUT2D eigenvalue weighted by Crippen LogP contribution is -2.35. The summed E-state index contributed by atoms with van der Waals surface area (Å²) in [4.78, 5) is 12.3. The molecule has 1 amide bonds. The van der Waals surface area contributed by atoms with Crippen molar-refractivity contribution in [1.82, 2.24) is 15.1 Å². The van der Waals surface area contributed by atoms with Crippen LogP contribution in [0.3, 0.4) is 0 Å². The average Bonchev–Trinajstić information content (AvgIpc) is 2.86. The van der Waals surface area contributed by atoms with Gasteiger partial charge in [0.25, 0.3) is 5.91 Å². The molecular formula is C17H20ClN3O3. The third kappa shape index (κ3) is 3.06. The van der Waals surface area contributed by atoms with Gasteiger partial charge in [0, 0.05) is 19.5 Å². The number of nitrogens with zero attached hydrogens (tertiary/aromatic N) is 2. The summed E-state index contributed by atoms with van der Waals surface area (Å²) in [7, 11) is 3.39. The van der Waals surface area contributed by atoms with Gasteiger partial charge in [-0.05, 0) is 25.0 Å². The molecule has 0 radical (unpaired) electrons. The lowest BCUT2D eigenvalue weighted by atomic mass is 9.96. The van der Waals surface area contributed by atoms with Crippen molar-refractivity contribution in [3.63, 3.8) is 0 Å². The van der Waals surface area contributed by atoms with Crippen LogP contribution in [0.1, 0.15) is 21.7 Å². The zero-order valence-corrected chi connectivity index (χ0v) is 14.7. The first-order valence-electron chi connectivity index (χ1n) is 7.77. The van der Waals surface area contributed by atoms with Gasteiger partial charge in [-0.15, -0.1) is 0 Å². The summed E-state index contributed by atoms with van der Waals surface area (Å²) in [6, 6.07) is 5.84. The van der Waals surface area contributed by atoms with Crippen LogP contribution in [0.5, 0.6) is 11.5 Å². The maximum Gasteiger partial charge on any atom is 0.273 e. The Hall–Kier alpha value is -2.21. The number of carbonyl (C=O) groups excluding carboxylic acids is 1. The molecular weight excluding hydrogens is 330 g/mol. The molecule has 7 heteroatoms. The molecule has 0 saturated heterocycles. The maximum absolute atomic E-state index is 12.3. The molecule has 0 fully saturated rings. The summed E-state index contributed by atoms with van der Waals surface area (Å²) < 4.78 is 12.7. The van der Waals surface area contributed by atoms with Gasteiger partial charge in [-0.3, -0.25) is 9.48 Å². The Labute approximate surface area is 145 Å². The number of methoxy groups -OCH3 is 1. The third-order valence-electron chi connectivity index (χ3n) is 4.28. The predicted octanol–water partition coefficient (Wildman–Crippen LogP) is 2.37. The molecule has 0 bridgehead atoms. The smallest absolute Gasteiger partial charge is 0.273 e. The highest BCUT2D eigenvalue weighted by Crippen LogP contribution is 2.35. The third-order valence-corrected chi connectivity index (χ3v) is 4.73. The van der Waals surface area contributed by atoms with Gasteiger partial charge < -0.3 is 14.8 Å². The summed E-state index contributed by atoms with van der Waals surface area (Å²) >= 11 is 6.15. The van der Waals surface area contributed by atoms with Crippen LogP contribution in [0.15, 0.2) is 18.2 Å². The van der Waals surface area contributed by atoms with E-state index < -0.39 is 0 Å². The van der Waals surface area contributed by atoms with Crippen molar-refractivity contribution < 1.29 is 14.3 Å². The number of rotatable bonds is 4. The number of hydrogen-bond acceptors (Lipinski definition) is 4. The molecule has 0 saturated carbocycles. The minimum atomic E-state index is -0.264. The van der Waals surface area contributed by atoms with E-state index in [1.807, 2.05) is 25.1 Å². The van der Waals surface area contributed by atoms with Crippen LogP contribution in [0, 0.1) is 12.8 Å². The number of aromatic nitrogens is 2. The van der Waals surface area contributed by atoms with Gasteiger partial charge in [-0.25, -0.2) is 0 Å². The molecule has 1 aliphatic rings. The van der Waals surface area contributed by atoms with Gasteiger partial charge in [0.2, 0.25) is 0 Å². The minimum Gasteiger partial charge on any atom is -0.493 e. The fraction of sp³-hybridized carbons (Fsp3) is 0.412. The predicted molar refractivity (Wildman–Crippen MR) is 91.0 cm³/mol. The number of halogens is 1. The standard InChI is InChI=1S/C17H20ClN3O3/c1-10-14(18)15(20-21(10)2)17(22)19-8-11-7-12-5-4-6-13(23-3)16(12)24-9-11/h4-6,11H,7-9H2,1-3H3,(H,19,22)/t11-/m0/s1. The fourth-order valence-corrected chi connectivity index (χ4v) is 3.04. The number of amides is 1. The Balaban J connectivity index is 1.63. The maximum atomic E-state index is 12.3. The molecule has 2 aromatic rings. The first-order chi connectivity index (χ1) is 11.5. The molecule has 6 nitrogen and oxygen atoms in total. The monoisotopic (exact) mass is 349 g/mol. The summed E-state index contributed by atoms with van der Waals surface area (Å²) in [6.07, 6.45) is 0.821. The van der Waals surface area contributed by atoms with Crippen molar-refractivity contribution >= 4 is 17.5 Å². The van der Waals surface area contributed by atoms with E-state index in [1.165, 1.54) is 0 Å². The van der Waals surface area contributed by atoms with Gasteiger partial charge in [0.05, 0.1) is 24.4 Å². The second-order valence-electron chi connectivity index (χ2n) is 5.91. The van der Waals surface area contributed by atoms with Crippen molar-refractivity contribution in [2.24, 2.45) is 13.0 Å². The van der Waals surface area contributed by atoms with Crippen molar-refractivity contribution in [1.29, 1.82) is 0 Å². The quantitative estimate of drug-likeness (QED) is 0.920. The van der Waals surface area contributed by atoms with Crippen LogP contribution in [0.2, 0.25) is 5.02 Å². The second-order valence-corrected chi connectivity index (χ2v) is 6.29. The van der Waals surface area contributed by atoms with Gasteiger partial charge in [0.1, 0.15) is 0 Å². The van der Waals surface area contributed by atoms with Crippen LogP contribution in [-0.4, -0.2) is 35.9 Å². The molecule has 3 rings (SSSR count). The summed E-state index contributed by atoms with van der Waals surface area (Å²) in [5.41, 5.74) is 2.12. The van der Waals surface area contributed by atoms with Crippen molar-refractivity contribution in [2.45, 2.75) is 13.3 Å². The number of ether oxygens (including phenoxy) is 2. The van der Waals surface area contributed by atoms with Crippen molar-refractivity contribution in [3.05, 3.63) is 40.2 Å². The van der Waals surface area contributed by atoms with Crippen LogP contribution < -0.4 is 14.8 Å². The lowest BCUT2D eigenvalue weighted by Gasteiger charge is -2.26. The van der Waals surface area contributed by atoms with Crippen molar-refractivity contribution in [2.75, 3.05) is 20.3 Å². The Morgan fingerprint density at radius 2 is 2.33 bits per heavy atom. The van der Waals surface area contributed by atoms with Gasteiger partial charge in [-0.1, -0.05) is 23.7 Å². The molecule has 1 aliphatic heterocycles. The van der Waals surface area contributed by atoms with Gasteiger partial charge in [-0.2, -0.15) is 5.10 Å². The number of carbonyl (C=O) groups is 1. The van der Waals surface area contributed by atoms with E-state index in [0.29, 0.717) is 18.2 Å². The van der Waals surface area contributed by atoms with E-state index in [2.05, 4.69) is 10.4 Å². The molecule has 0 unspecified atom stereocenters. The second kappa shape index (κ2) is 6.73. The highest BCUT2D eigenvalue weighted by molar-refractivity contribution is 6.34. The molecule has 1 aromatic heterocycles. The van der Waals surface area contributed by atoms with E-state index in [1.54, 1.807) is 18.8 Å². The van der Waals surface area contributed by atoms with Crippen LogP contribution in [0.4, 0.5) is 0 Å². The van der Waals surface area contributed by atoms with E-state index in [4.69, 9.17) is 21.1 Å². The highest BCUT2D eigenvalue weighted by atomic mass is 35.5. The van der Waals surface area contributed by atoms with Gasteiger partial charge in [0.15, 0.2) is 17.2 Å². The summed E-state index contributed by atoms with van der Waals surface area (Å²) in [5.74, 6) is 1.47. The first kappa shape index (κ1) is 16.6. The Bertz CT molecular complexity index is 773. The normalized spacial score (nSPS) is 16.2. The topological polar surface area (TPSA) is 65.4 Å². The zero-order valence-electron chi connectivity index (χ0n) is 13.9. The SMILES string of the molecule is COc1cccc2c1OC[C@H](CNC(=O)c1nn(C)c(C)c1Cl)C2. The molecule has 1 aromatic carbocycles. The van der Waals surface area contributed by atoms with E-state index in [-0.39, 0.29) is 17.5 Å². The van der Waals surface area contributed by atoms with Gasteiger partial charge >= 0.3 is 0 Å². The number of nitrogens with one attached hydrogen (secondary N) is 1. The molecule has 0 aliphatic carbocycles. The van der Waals surface area contributed by atoms with E-state index >= 15 is 0 Å². The number of hydrogen-bond donors (Lipinski definition) is 1. The molecule has 1 N–H and O–H groups in total. The van der Waals surface area contributed by atoms with Crippen molar-refractivity contribution in [3.8, 4) is 11.5 Å². The Morgan fingerprint density at radius 3 is 3.00 bits per heavy atom. The Kier molecular flexibility index (Phi) is 4.66. The lowest BCUT2D eigenvalue weighted by molar-refractivity contribution is 0.0933. The van der Waals surface area contributed by atoms with Crippen LogP contribution >= 0.6 is 11.6 Å². The van der Waals surface area contributed by atoms with E-state index in [0.717, 1.165) is 29.2 Å². The highest BCUT2D eigenvalue weighted by Gasteiger charge is 2.24. The number of benzene rings is 1. The minimum absolute atomic E-state index is 0.192. The average molecular weight is 350 g/mol. The molecule has 128 valence electrons. The molecule has 0 spiro atoms. The molecule has 2 heterocycles. The number of aryl methyl sites for hydroxylation is 1. The number of para-hydroxylation sites is 1. The van der Waals surface area contributed by atoms with Crippen LogP contribution in [-0.2, 0) is 13.5 Å². The Morgan fingerprint density at radius 1 is 1.54 bits per heavy atom. The summed E-state index contributed by atoms with van der Waals surface area (Å²) in [5, 5.41) is 7.45.